The van der Waals surface area contributed by atoms with E-state index in [1.165, 1.54) is 5.56 Å². The summed E-state index contributed by atoms with van der Waals surface area (Å²) < 4.78 is 5.09. The summed E-state index contributed by atoms with van der Waals surface area (Å²) in [5, 5.41) is 0. The van der Waals surface area contributed by atoms with E-state index < -0.39 is 0 Å². The predicted molar refractivity (Wildman–Crippen MR) is 59.5 cm³/mol. The van der Waals surface area contributed by atoms with Gasteiger partial charge >= 0.3 is 17.1 Å². The standard InChI is InChI=1S/C8H11O.C5H5.Fe/c1-7(9-2)8-5-3-4-6-8;1-2-4-5-3-1;/h3-7H,1-2H3;1-5H;/q2*-1;+2. The summed E-state index contributed by atoms with van der Waals surface area (Å²) in [4.78, 5) is 0. The SMILES string of the molecule is COC(C)[c-]1cccc1.[Fe+2].c1cc[cH-]c1. The second-order valence-electron chi connectivity index (χ2n) is 3.06. The maximum atomic E-state index is 5.09. The van der Waals surface area contributed by atoms with Gasteiger partial charge in [0.2, 0.25) is 0 Å². The van der Waals surface area contributed by atoms with Crippen LogP contribution in [0.25, 0.3) is 0 Å². The Bertz CT molecular complexity index is 280. The normalized spacial score (nSPS) is 10.8. The fraction of sp³-hybridized carbons (Fsp3) is 0.231. The first-order valence-electron chi connectivity index (χ1n) is 4.75. The van der Waals surface area contributed by atoms with Gasteiger partial charge in [-0.2, -0.15) is 30.3 Å². The Labute approximate surface area is 102 Å². The maximum Gasteiger partial charge on any atom is 2.00 e. The van der Waals surface area contributed by atoms with Gasteiger partial charge in [0.05, 0.1) is 0 Å². The number of ether oxygens (including phenoxy) is 1. The fourth-order valence-electron chi connectivity index (χ4n) is 1.12. The van der Waals surface area contributed by atoms with Crippen molar-refractivity contribution in [3.05, 3.63) is 60.2 Å². The Morgan fingerprint density at radius 1 is 1.07 bits per heavy atom. The molecule has 82 valence electrons. The molecule has 0 aliphatic heterocycles. The Balaban J connectivity index is 0.000000280. The Kier molecular flexibility index (Phi) is 8.02. The monoisotopic (exact) mass is 244 g/mol. The summed E-state index contributed by atoms with van der Waals surface area (Å²) in [6.45, 7) is 2.04. The van der Waals surface area contributed by atoms with E-state index in [2.05, 4.69) is 12.1 Å². The number of methoxy groups -OCH3 is 1. The molecule has 0 aliphatic carbocycles. The van der Waals surface area contributed by atoms with E-state index >= 15 is 0 Å². The van der Waals surface area contributed by atoms with E-state index in [4.69, 9.17) is 4.74 Å². The molecule has 2 aromatic carbocycles. The van der Waals surface area contributed by atoms with Crippen molar-refractivity contribution >= 4 is 0 Å². The van der Waals surface area contributed by atoms with Crippen LogP contribution >= 0.6 is 0 Å². The van der Waals surface area contributed by atoms with Crippen LogP contribution in [0, 0.1) is 0 Å². The van der Waals surface area contributed by atoms with Gasteiger partial charge in [-0.1, -0.05) is 0 Å². The Morgan fingerprint density at radius 2 is 1.60 bits per heavy atom. The summed E-state index contributed by atoms with van der Waals surface area (Å²) >= 11 is 0. The average molecular weight is 244 g/mol. The summed E-state index contributed by atoms with van der Waals surface area (Å²) in [6.07, 6.45) is 0.236. The van der Waals surface area contributed by atoms with Crippen molar-refractivity contribution in [3.63, 3.8) is 0 Å². The molecule has 0 N–H and O–H groups in total. The quantitative estimate of drug-likeness (QED) is 0.580. The van der Waals surface area contributed by atoms with E-state index in [0.717, 1.165) is 0 Å². The van der Waals surface area contributed by atoms with Crippen molar-refractivity contribution in [2.75, 3.05) is 7.11 Å². The van der Waals surface area contributed by atoms with Crippen molar-refractivity contribution in [1.29, 1.82) is 0 Å². The molecule has 2 aromatic rings. The third kappa shape index (κ3) is 5.58. The molecule has 0 saturated carbocycles. The van der Waals surface area contributed by atoms with Crippen LogP contribution in [0.3, 0.4) is 0 Å². The smallest absolute Gasteiger partial charge is 0.389 e. The fourth-order valence-corrected chi connectivity index (χ4v) is 1.12. The zero-order chi connectivity index (χ0) is 10.2. The molecular weight excluding hydrogens is 228 g/mol. The minimum atomic E-state index is 0. The molecule has 0 saturated heterocycles. The van der Waals surface area contributed by atoms with Gasteiger partial charge in [-0.3, -0.25) is 0 Å². The van der Waals surface area contributed by atoms with Crippen molar-refractivity contribution in [2.45, 2.75) is 13.0 Å². The van der Waals surface area contributed by atoms with E-state index in [1.54, 1.807) is 7.11 Å². The molecule has 0 aliphatic rings. The van der Waals surface area contributed by atoms with Crippen LogP contribution in [-0.4, -0.2) is 7.11 Å². The molecule has 2 rings (SSSR count). The summed E-state index contributed by atoms with van der Waals surface area (Å²) in [5.41, 5.74) is 1.25. The molecule has 15 heavy (non-hydrogen) atoms. The number of hydrogen-bond acceptors (Lipinski definition) is 1. The minimum absolute atomic E-state index is 0. The Hall–Kier alpha value is -0.821. The van der Waals surface area contributed by atoms with Crippen LogP contribution < -0.4 is 0 Å². The van der Waals surface area contributed by atoms with Gasteiger partial charge < -0.3 is 4.74 Å². The molecule has 0 heterocycles. The molecule has 1 atom stereocenters. The van der Waals surface area contributed by atoms with Crippen molar-refractivity contribution < 1.29 is 21.8 Å². The van der Waals surface area contributed by atoms with Gasteiger partial charge in [-0.15, -0.1) is 5.56 Å². The molecule has 0 spiro atoms. The van der Waals surface area contributed by atoms with Crippen LogP contribution in [-0.2, 0) is 21.8 Å². The van der Waals surface area contributed by atoms with Gasteiger partial charge in [0.25, 0.3) is 0 Å². The first kappa shape index (κ1) is 14.2. The second kappa shape index (κ2) is 8.48. The summed E-state index contributed by atoms with van der Waals surface area (Å²) in [6, 6.07) is 18.2. The Morgan fingerprint density at radius 3 is 1.93 bits per heavy atom. The third-order valence-electron chi connectivity index (χ3n) is 2.07. The third-order valence-corrected chi connectivity index (χ3v) is 2.07. The van der Waals surface area contributed by atoms with Crippen LogP contribution in [0.4, 0.5) is 0 Å². The molecule has 0 fully saturated rings. The van der Waals surface area contributed by atoms with Crippen LogP contribution in [0.15, 0.2) is 54.6 Å². The van der Waals surface area contributed by atoms with Gasteiger partial charge in [0, 0.05) is 13.2 Å². The van der Waals surface area contributed by atoms with E-state index in [-0.39, 0.29) is 23.2 Å². The molecule has 1 unspecified atom stereocenters. The molecular formula is C13H16FeO. The minimum Gasteiger partial charge on any atom is -0.389 e. The zero-order valence-corrected chi connectivity index (χ0v) is 10.1. The second-order valence-corrected chi connectivity index (χ2v) is 3.06. The van der Waals surface area contributed by atoms with Crippen LogP contribution in [0.5, 0.6) is 0 Å². The zero-order valence-electron chi connectivity index (χ0n) is 9.04. The van der Waals surface area contributed by atoms with Gasteiger partial charge in [-0.25, -0.2) is 24.3 Å². The topological polar surface area (TPSA) is 9.23 Å². The molecule has 0 amide bonds. The van der Waals surface area contributed by atoms with Crippen molar-refractivity contribution in [2.24, 2.45) is 0 Å². The van der Waals surface area contributed by atoms with Crippen molar-refractivity contribution in [1.82, 2.24) is 0 Å². The van der Waals surface area contributed by atoms with Gasteiger partial charge in [0.15, 0.2) is 0 Å². The predicted octanol–water partition coefficient (Wildman–Crippen LogP) is 3.52. The summed E-state index contributed by atoms with van der Waals surface area (Å²) in [5.74, 6) is 0. The molecule has 0 radical (unpaired) electrons. The van der Waals surface area contributed by atoms with Crippen LogP contribution in [0.1, 0.15) is 18.6 Å². The van der Waals surface area contributed by atoms with Gasteiger partial charge in [0.1, 0.15) is 0 Å². The first-order valence-corrected chi connectivity index (χ1v) is 4.75. The van der Waals surface area contributed by atoms with E-state index in [9.17, 15) is 0 Å². The van der Waals surface area contributed by atoms with Gasteiger partial charge in [-0.05, 0) is 6.92 Å². The van der Waals surface area contributed by atoms with Crippen LogP contribution in [0.2, 0.25) is 0 Å². The number of rotatable bonds is 2. The molecule has 0 aromatic heterocycles. The van der Waals surface area contributed by atoms with E-state index in [0.29, 0.717) is 0 Å². The average Bonchev–Trinajstić information content (AvgIpc) is 2.91. The summed E-state index contributed by atoms with van der Waals surface area (Å²) in [7, 11) is 1.72. The molecule has 2 heteroatoms. The first-order chi connectivity index (χ1) is 6.84. The maximum absolute atomic E-state index is 5.09. The van der Waals surface area contributed by atoms with E-state index in [1.807, 2.05) is 49.4 Å². The number of hydrogen-bond donors (Lipinski definition) is 0. The largest absolute Gasteiger partial charge is 2.00 e. The molecule has 1 nitrogen and oxygen atoms in total. The van der Waals surface area contributed by atoms with Crippen molar-refractivity contribution in [3.8, 4) is 0 Å². The molecule has 0 bridgehead atoms.